The summed E-state index contributed by atoms with van der Waals surface area (Å²) >= 11 is 6.30. The summed E-state index contributed by atoms with van der Waals surface area (Å²) in [6.07, 6.45) is 3.36. The molecule has 0 atom stereocenters. The first kappa shape index (κ1) is 16.7. The molecule has 0 spiro atoms. The number of imidazole rings is 1. The fourth-order valence-electron chi connectivity index (χ4n) is 2.68. The van der Waals surface area contributed by atoms with E-state index in [1.54, 1.807) is 24.7 Å². The molecule has 120 valence electrons. The van der Waals surface area contributed by atoms with E-state index in [9.17, 15) is 5.11 Å². The van der Waals surface area contributed by atoms with Crippen molar-refractivity contribution in [2.45, 2.75) is 6.92 Å². The molecule has 0 aliphatic rings. The quantitative estimate of drug-likeness (QED) is 0.424. The summed E-state index contributed by atoms with van der Waals surface area (Å²) in [5, 5.41) is 14.0. The maximum absolute atomic E-state index is 10.1. The van der Waals surface area contributed by atoms with E-state index in [4.69, 9.17) is 11.6 Å². The van der Waals surface area contributed by atoms with E-state index in [-0.39, 0.29) is 26.8 Å². The number of aromatic nitrogens is 3. The molecular formula is C17H13ClN4OW. The molecule has 2 aromatic carbocycles. The Morgan fingerprint density at radius 1 is 1.17 bits per heavy atom. The van der Waals surface area contributed by atoms with Crippen molar-refractivity contribution in [3.05, 3.63) is 59.5 Å². The van der Waals surface area contributed by atoms with Gasteiger partial charge in [0.25, 0.3) is 0 Å². The number of rotatable bonds is 2. The Morgan fingerprint density at radius 3 is 2.75 bits per heavy atom. The van der Waals surface area contributed by atoms with Gasteiger partial charge < -0.3 is 10.4 Å². The minimum atomic E-state index is 0. The SMILES string of the molecule is Cc1cccc(Cl)c1Nc1nc2cccc(O)c2n2cncc12.[W]. The zero-order chi connectivity index (χ0) is 16.0. The third-order valence-electron chi connectivity index (χ3n) is 3.81. The van der Waals surface area contributed by atoms with Gasteiger partial charge in [-0.15, -0.1) is 0 Å². The van der Waals surface area contributed by atoms with Crippen LogP contribution < -0.4 is 5.32 Å². The second-order valence-electron chi connectivity index (χ2n) is 5.31. The Balaban J connectivity index is 0.00000169. The van der Waals surface area contributed by atoms with E-state index in [0.717, 1.165) is 16.8 Å². The number of para-hydroxylation sites is 2. The Kier molecular flexibility index (Phi) is 4.48. The summed E-state index contributed by atoms with van der Waals surface area (Å²) in [5.74, 6) is 0.801. The van der Waals surface area contributed by atoms with Crippen molar-refractivity contribution in [1.29, 1.82) is 0 Å². The normalized spacial score (nSPS) is 10.8. The third-order valence-corrected chi connectivity index (χ3v) is 4.13. The number of anilines is 2. The van der Waals surface area contributed by atoms with Gasteiger partial charge in [-0.1, -0.05) is 29.8 Å². The van der Waals surface area contributed by atoms with Crippen LogP contribution in [0.4, 0.5) is 11.5 Å². The Morgan fingerprint density at radius 2 is 1.96 bits per heavy atom. The molecule has 2 heterocycles. The Bertz CT molecular complexity index is 1030. The first-order chi connectivity index (χ1) is 11.1. The van der Waals surface area contributed by atoms with Gasteiger partial charge in [0.2, 0.25) is 0 Å². The minimum absolute atomic E-state index is 0. The van der Waals surface area contributed by atoms with Gasteiger partial charge in [-0.3, -0.25) is 4.40 Å². The van der Waals surface area contributed by atoms with E-state index in [1.807, 2.05) is 35.6 Å². The average Bonchev–Trinajstić information content (AvgIpc) is 3.00. The molecule has 0 aliphatic carbocycles. The molecule has 0 aliphatic heterocycles. The van der Waals surface area contributed by atoms with E-state index in [1.165, 1.54) is 0 Å². The molecule has 0 amide bonds. The third kappa shape index (κ3) is 2.64. The standard InChI is InChI=1S/C17H13ClN4O.W/c1-10-4-2-5-11(18)15(10)21-17-13-8-19-9-22(13)16-12(20-17)6-3-7-14(16)23;/h2-9,23H,1H3,(H,20,21);. The van der Waals surface area contributed by atoms with Crippen LogP contribution in [0.25, 0.3) is 16.6 Å². The summed E-state index contributed by atoms with van der Waals surface area (Å²) in [4.78, 5) is 8.80. The van der Waals surface area contributed by atoms with Crippen molar-refractivity contribution >= 4 is 39.7 Å². The molecule has 0 unspecified atom stereocenters. The largest absolute Gasteiger partial charge is 0.506 e. The van der Waals surface area contributed by atoms with E-state index >= 15 is 0 Å². The molecule has 0 saturated carbocycles. The molecule has 2 N–H and O–H groups in total. The smallest absolute Gasteiger partial charge is 0.157 e. The van der Waals surface area contributed by atoms with Gasteiger partial charge in [0.15, 0.2) is 5.82 Å². The van der Waals surface area contributed by atoms with Crippen molar-refractivity contribution in [3.63, 3.8) is 0 Å². The van der Waals surface area contributed by atoms with Crippen molar-refractivity contribution < 1.29 is 26.2 Å². The number of hydrogen-bond donors (Lipinski definition) is 2. The topological polar surface area (TPSA) is 62.5 Å². The van der Waals surface area contributed by atoms with Gasteiger partial charge in [0, 0.05) is 21.1 Å². The van der Waals surface area contributed by atoms with Crippen LogP contribution in [0.2, 0.25) is 5.02 Å². The van der Waals surface area contributed by atoms with Crippen molar-refractivity contribution in [1.82, 2.24) is 14.4 Å². The van der Waals surface area contributed by atoms with Crippen LogP contribution in [0.5, 0.6) is 5.75 Å². The number of hydrogen-bond acceptors (Lipinski definition) is 4. The summed E-state index contributed by atoms with van der Waals surface area (Å²) in [5.41, 5.74) is 3.89. The van der Waals surface area contributed by atoms with Crippen LogP contribution in [0.3, 0.4) is 0 Å². The van der Waals surface area contributed by atoms with Gasteiger partial charge in [-0.25, -0.2) is 9.97 Å². The van der Waals surface area contributed by atoms with Gasteiger partial charge >= 0.3 is 0 Å². The molecule has 24 heavy (non-hydrogen) atoms. The molecule has 0 fully saturated rings. The second-order valence-corrected chi connectivity index (χ2v) is 5.72. The number of phenols is 1. The minimum Gasteiger partial charge on any atom is -0.506 e. The monoisotopic (exact) mass is 508 g/mol. The molecular weight excluding hydrogens is 496 g/mol. The Hall–Kier alpha value is -2.10. The number of halogens is 1. The van der Waals surface area contributed by atoms with Gasteiger partial charge in [0.1, 0.15) is 16.8 Å². The van der Waals surface area contributed by atoms with E-state index in [2.05, 4.69) is 15.3 Å². The van der Waals surface area contributed by atoms with Crippen molar-refractivity contribution in [2.75, 3.05) is 5.32 Å². The van der Waals surface area contributed by atoms with Crippen LogP contribution >= 0.6 is 11.6 Å². The maximum atomic E-state index is 10.1. The van der Waals surface area contributed by atoms with Crippen LogP contribution in [0.15, 0.2) is 48.9 Å². The first-order valence-corrected chi connectivity index (χ1v) is 7.49. The molecule has 4 aromatic rings. The molecule has 0 bridgehead atoms. The number of phenolic OH excluding ortho intramolecular Hbond substituents is 1. The summed E-state index contributed by atoms with van der Waals surface area (Å²) in [7, 11) is 0. The summed E-state index contributed by atoms with van der Waals surface area (Å²) < 4.78 is 1.81. The van der Waals surface area contributed by atoms with Gasteiger partial charge in [0.05, 0.1) is 28.8 Å². The number of nitrogens with zero attached hydrogens (tertiary/aromatic N) is 3. The molecule has 0 saturated heterocycles. The predicted molar refractivity (Wildman–Crippen MR) is 91.6 cm³/mol. The van der Waals surface area contributed by atoms with Gasteiger partial charge in [-0.05, 0) is 30.7 Å². The summed E-state index contributed by atoms with van der Waals surface area (Å²) in [6.45, 7) is 1.98. The van der Waals surface area contributed by atoms with Crippen LogP contribution in [-0.4, -0.2) is 19.5 Å². The number of benzene rings is 2. The predicted octanol–water partition coefficient (Wildman–Crippen LogP) is 4.29. The number of aromatic hydroxyl groups is 1. The van der Waals surface area contributed by atoms with E-state index in [0.29, 0.717) is 21.9 Å². The van der Waals surface area contributed by atoms with Crippen LogP contribution in [0.1, 0.15) is 5.56 Å². The molecule has 0 radical (unpaired) electrons. The van der Waals surface area contributed by atoms with Crippen LogP contribution in [0, 0.1) is 6.92 Å². The maximum Gasteiger partial charge on any atom is 0.157 e. The molecule has 2 aromatic heterocycles. The fraction of sp³-hybridized carbons (Fsp3) is 0.0588. The second kappa shape index (κ2) is 6.42. The Labute approximate surface area is 157 Å². The summed E-state index contributed by atoms with van der Waals surface area (Å²) in [6, 6.07) is 11.0. The zero-order valence-corrected chi connectivity index (χ0v) is 16.4. The van der Waals surface area contributed by atoms with E-state index < -0.39 is 0 Å². The molecule has 5 nitrogen and oxygen atoms in total. The van der Waals surface area contributed by atoms with Crippen molar-refractivity contribution in [2.24, 2.45) is 0 Å². The molecule has 4 rings (SSSR count). The zero-order valence-electron chi connectivity index (χ0n) is 12.7. The molecule has 7 heteroatoms. The fourth-order valence-corrected chi connectivity index (χ4v) is 2.95. The van der Waals surface area contributed by atoms with Crippen LogP contribution in [-0.2, 0) is 21.1 Å². The number of fused-ring (bicyclic) bond motifs is 3. The van der Waals surface area contributed by atoms with Gasteiger partial charge in [-0.2, -0.15) is 0 Å². The average molecular weight is 509 g/mol. The van der Waals surface area contributed by atoms with Crippen molar-refractivity contribution in [3.8, 4) is 5.75 Å². The number of aryl methyl sites for hydroxylation is 1. The first-order valence-electron chi connectivity index (χ1n) is 7.11. The number of nitrogens with one attached hydrogen (secondary N) is 1.